The van der Waals surface area contributed by atoms with Crippen LogP contribution in [0.3, 0.4) is 0 Å². The van der Waals surface area contributed by atoms with Gasteiger partial charge in [-0.3, -0.25) is 19.8 Å². The number of hydrogen-bond acceptors (Lipinski definition) is 5. The monoisotopic (exact) mass is 303 g/mol. The van der Waals surface area contributed by atoms with Gasteiger partial charge in [0.1, 0.15) is 11.5 Å². The number of primary amides is 1. The van der Waals surface area contributed by atoms with E-state index in [0.717, 1.165) is 11.5 Å². The Morgan fingerprint density at radius 1 is 1.32 bits per heavy atom. The summed E-state index contributed by atoms with van der Waals surface area (Å²) in [5.74, 6) is 0.922. The molecule has 1 heterocycles. The van der Waals surface area contributed by atoms with Crippen molar-refractivity contribution in [2.24, 2.45) is 5.73 Å². The van der Waals surface area contributed by atoms with Gasteiger partial charge in [-0.1, -0.05) is 6.07 Å². The van der Waals surface area contributed by atoms with Gasteiger partial charge in [-0.05, 0) is 32.2 Å². The first kappa shape index (κ1) is 15.7. The van der Waals surface area contributed by atoms with Gasteiger partial charge in [0.2, 0.25) is 5.91 Å². The van der Waals surface area contributed by atoms with Crippen molar-refractivity contribution in [2.45, 2.75) is 20.0 Å². The zero-order chi connectivity index (χ0) is 16.3. The summed E-state index contributed by atoms with van der Waals surface area (Å²) in [6.45, 7) is 2.74. The molecule has 1 aromatic heterocycles. The molecule has 2 aromatic rings. The van der Waals surface area contributed by atoms with Crippen molar-refractivity contribution in [1.29, 1.82) is 0 Å². The molecular weight excluding hydrogens is 286 g/mol. The average Bonchev–Trinajstić information content (AvgIpc) is 2.83. The summed E-state index contributed by atoms with van der Waals surface area (Å²) < 4.78 is 5.48. The standard InChI is InChI=1S/C15H17N3O4/c1-10-3-6-13(22-10)9-17(2)8-12-5-4-11(15(16)19)7-14(12)18(20)21/h3-7H,8-9H2,1-2H3,(H2,16,19). The van der Waals surface area contributed by atoms with Gasteiger partial charge < -0.3 is 10.2 Å². The molecule has 7 nitrogen and oxygen atoms in total. The number of aryl methyl sites for hydroxylation is 1. The maximum atomic E-state index is 11.2. The van der Waals surface area contributed by atoms with E-state index < -0.39 is 10.8 Å². The second-order valence-corrected chi connectivity index (χ2v) is 5.15. The summed E-state index contributed by atoms with van der Waals surface area (Å²) in [5, 5.41) is 11.2. The molecule has 0 aliphatic rings. The number of carbonyl (C=O) groups excluding carboxylic acids is 1. The van der Waals surface area contributed by atoms with Gasteiger partial charge in [-0.25, -0.2) is 0 Å². The summed E-state index contributed by atoms with van der Waals surface area (Å²) in [5.41, 5.74) is 5.68. The zero-order valence-electron chi connectivity index (χ0n) is 12.4. The minimum atomic E-state index is -0.686. The lowest BCUT2D eigenvalue weighted by molar-refractivity contribution is -0.385. The number of amides is 1. The third kappa shape index (κ3) is 3.70. The Labute approximate surface area is 127 Å². The van der Waals surface area contributed by atoms with Crippen molar-refractivity contribution in [1.82, 2.24) is 4.90 Å². The predicted octanol–water partition coefficient (Wildman–Crippen LogP) is 2.23. The maximum absolute atomic E-state index is 11.2. The molecule has 7 heteroatoms. The van der Waals surface area contributed by atoms with Crippen LogP contribution in [0.1, 0.15) is 27.4 Å². The fraction of sp³-hybridized carbons (Fsp3) is 0.267. The Hall–Kier alpha value is -2.67. The van der Waals surface area contributed by atoms with Gasteiger partial charge in [0.25, 0.3) is 5.69 Å². The van der Waals surface area contributed by atoms with E-state index in [1.165, 1.54) is 12.1 Å². The van der Waals surface area contributed by atoms with Crippen LogP contribution in [0, 0.1) is 17.0 Å². The summed E-state index contributed by atoms with van der Waals surface area (Å²) >= 11 is 0. The minimum absolute atomic E-state index is 0.112. The molecule has 0 fully saturated rings. The van der Waals surface area contributed by atoms with E-state index in [0.29, 0.717) is 18.7 Å². The van der Waals surface area contributed by atoms with Crippen molar-refractivity contribution in [3.8, 4) is 0 Å². The van der Waals surface area contributed by atoms with E-state index in [-0.39, 0.29) is 11.3 Å². The highest BCUT2D eigenvalue weighted by Crippen LogP contribution is 2.22. The first-order chi connectivity index (χ1) is 10.4. The lowest BCUT2D eigenvalue weighted by atomic mass is 10.1. The number of furan rings is 1. The fourth-order valence-electron chi connectivity index (χ4n) is 2.20. The zero-order valence-corrected chi connectivity index (χ0v) is 12.4. The average molecular weight is 303 g/mol. The van der Waals surface area contributed by atoms with Gasteiger partial charge in [0.15, 0.2) is 0 Å². The predicted molar refractivity (Wildman–Crippen MR) is 80.2 cm³/mol. The van der Waals surface area contributed by atoms with Crippen LogP contribution in [-0.4, -0.2) is 22.8 Å². The summed E-state index contributed by atoms with van der Waals surface area (Å²) in [6.07, 6.45) is 0. The lowest BCUT2D eigenvalue weighted by Gasteiger charge is -2.15. The van der Waals surface area contributed by atoms with Crippen molar-refractivity contribution >= 4 is 11.6 Å². The molecule has 1 amide bonds. The number of hydrogen-bond donors (Lipinski definition) is 1. The van der Waals surface area contributed by atoms with Crippen LogP contribution < -0.4 is 5.73 Å². The molecule has 0 aliphatic carbocycles. The Balaban J connectivity index is 2.17. The largest absolute Gasteiger partial charge is 0.465 e. The summed E-state index contributed by atoms with van der Waals surface area (Å²) in [6, 6.07) is 8.00. The smallest absolute Gasteiger partial charge is 0.274 e. The molecule has 22 heavy (non-hydrogen) atoms. The van der Waals surface area contributed by atoms with Gasteiger partial charge >= 0.3 is 0 Å². The highest BCUT2D eigenvalue weighted by molar-refractivity contribution is 5.93. The summed E-state index contributed by atoms with van der Waals surface area (Å²) in [4.78, 5) is 23.7. The van der Waals surface area contributed by atoms with Gasteiger partial charge in [0, 0.05) is 23.7 Å². The molecular formula is C15H17N3O4. The van der Waals surface area contributed by atoms with Crippen LogP contribution in [0.2, 0.25) is 0 Å². The van der Waals surface area contributed by atoms with E-state index in [2.05, 4.69) is 0 Å². The quantitative estimate of drug-likeness (QED) is 0.651. The topological polar surface area (TPSA) is 103 Å². The number of carbonyl (C=O) groups is 1. The van der Waals surface area contributed by atoms with Crippen molar-refractivity contribution in [2.75, 3.05) is 7.05 Å². The second-order valence-electron chi connectivity index (χ2n) is 5.15. The van der Waals surface area contributed by atoms with E-state index >= 15 is 0 Å². The van der Waals surface area contributed by atoms with Gasteiger partial charge in [-0.2, -0.15) is 0 Å². The molecule has 0 spiro atoms. The number of rotatable bonds is 6. The molecule has 2 N–H and O–H groups in total. The summed E-state index contributed by atoms with van der Waals surface area (Å²) in [7, 11) is 1.84. The number of benzene rings is 1. The Bertz CT molecular complexity index is 709. The van der Waals surface area contributed by atoms with Crippen molar-refractivity contribution in [3.05, 3.63) is 63.1 Å². The van der Waals surface area contributed by atoms with Crippen LogP contribution in [0.5, 0.6) is 0 Å². The number of nitro benzene ring substituents is 1. The SMILES string of the molecule is Cc1ccc(CN(C)Cc2ccc(C(N)=O)cc2[N+](=O)[O-])o1. The Morgan fingerprint density at radius 3 is 2.59 bits per heavy atom. The molecule has 0 unspecified atom stereocenters. The van der Waals surface area contributed by atoms with Gasteiger partial charge in [0.05, 0.1) is 11.5 Å². The first-order valence-corrected chi connectivity index (χ1v) is 6.68. The van der Waals surface area contributed by atoms with Crippen molar-refractivity contribution < 1.29 is 14.1 Å². The van der Waals surface area contributed by atoms with Crippen LogP contribution >= 0.6 is 0 Å². The highest BCUT2D eigenvalue weighted by atomic mass is 16.6. The molecule has 0 saturated carbocycles. The van der Waals surface area contributed by atoms with Crippen LogP contribution in [0.25, 0.3) is 0 Å². The van der Waals surface area contributed by atoms with Crippen LogP contribution in [0.4, 0.5) is 5.69 Å². The molecule has 0 bridgehead atoms. The van der Waals surface area contributed by atoms with Gasteiger partial charge in [-0.15, -0.1) is 0 Å². The molecule has 2 rings (SSSR count). The fourth-order valence-corrected chi connectivity index (χ4v) is 2.20. The molecule has 0 radical (unpaired) electrons. The normalized spacial score (nSPS) is 10.9. The number of nitrogens with two attached hydrogens (primary N) is 1. The Morgan fingerprint density at radius 2 is 2.05 bits per heavy atom. The third-order valence-electron chi connectivity index (χ3n) is 3.23. The lowest BCUT2D eigenvalue weighted by Crippen LogP contribution is -2.18. The van der Waals surface area contributed by atoms with E-state index in [9.17, 15) is 14.9 Å². The first-order valence-electron chi connectivity index (χ1n) is 6.68. The van der Waals surface area contributed by atoms with Crippen molar-refractivity contribution in [3.63, 3.8) is 0 Å². The minimum Gasteiger partial charge on any atom is -0.465 e. The van der Waals surface area contributed by atoms with E-state index in [4.69, 9.17) is 10.2 Å². The molecule has 0 aliphatic heterocycles. The highest BCUT2D eigenvalue weighted by Gasteiger charge is 2.18. The molecule has 1 aromatic carbocycles. The molecule has 116 valence electrons. The third-order valence-corrected chi connectivity index (χ3v) is 3.23. The van der Waals surface area contributed by atoms with Crippen LogP contribution in [-0.2, 0) is 13.1 Å². The van der Waals surface area contributed by atoms with Crippen LogP contribution in [0.15, 0.2) is 34.7 Å². The second kappa shape index (κ2) is 6.40. The van der Waals surface area contributed by atoms with E-state index in [1.807, 2.05) is 31.0 Å². The maximum Gasteiger partial charge on any atom is 0.274 e. The Kier molecular flexibility index (Phi) is 4.57. The molecule has 0 atom stereocenters. The number of nitro groups is 1. The number of nitrogens with zero attached hydrogens (tertiary/aromatic N) is 2. The molecule has 0 saturated heterocycles. The van der Waals surface area contributed by atoms with E-state index in [1.54, 1.807) is 6.07 Å².